The van der Waals surface area contributed by atoms with Crippen molar-refractivity contribution >= 4 is 5.78 Å². The molecule has 6 fully saturated rings. The zero-order valence-electron chi connectivity index (χ0n) is 21.6. The van der Waals surface area contributed by atoms with E-state index < -0.39 is 0 Å². The zero-order chi connectivity index (χ0) is 23.7. The third kappa shape index (κ3) is 3.66. The Hall–Kier alpha value is -0.490. The predicted molar refractivity (Wildman–Crippen MR) is 133 cm³/mol. The van der Waals surface area contributed by atoms with E-state index in [1.54, 1.807) is 0 Å². The van der Waals surface area contributed by atoms with Gasteiger partial charge in [-0.25, -0.2) is 0 Å². The van der Waals surface area contributed by atoms with E-state index in [2.05, 4.69) is 23.6 Å². The number of likely N-dealkylation sites (tertiary alicyclic amines) is 2. The molecule has 5 nitrogen and oxygen atoms in total. The monoisotopic (exact) mass is 472 g/mol. The van der Waals surface area contributed by atoms with Gasteiger partial charge in [0.2, 0.25) is 0 Å². The van der Waals surface area contributed by atoms with Crippen LogP contribution in [0, 0.1) is 34.5 Å². The van der Waals surface area contributed by atoms with Crippen LogP contribution in [0.1, 0.15) is 90.9 Å². The fourth-order valence-corrected chi connectivity index (χ4v) is 10.3. The molecule has 0 bridgehead atoms. The van der Waals surface area contributed by atoms with Crippen molar-refractivity contribution in [1.82, 2.24) is 9.80 Å². The van der Waals surface area contributed by atoms with Crippen molar-refractivity contribution < 1.29 is 15.0 Å². The minimum Gasteiger partial charge on any atom is -0.391 e. The maximum Gasteiger partial charge on any atom is 0.135 e. The van der Waals surface area contributed by atoms with Gasteiger partial charge in [0.15, 0.2) is 0 Å². The van der Waals surface area contributed by atoms with Gasteiger partial charge in [0.1, 0.15) is 5.78 Å². The highest BCUT2D eigenvalue weighted by Crippen LogP contribution is 2.66. The summed E-state index contributed by atoms with van der Waals surface area (Å²) < 4.78 is 0. The highest BCUT2D eigenvalue weighted by Gasteiger charge is 2.63. The summed E-state index contributed by atoms with van der Waals surface area (Å²) in [5.41, 5.74) is 0.358. The topological polar surface area (TPSA) is 64.0 Å². The van der Waals surface area contributed by atoms with Crippen LogP contribution in [0.2, 0.25) is 0 Å². The van der Waals surface area contributed by atoms with Crippen molar-refractivity contribution in [3.63, 3.8) is 0 Å². The Morgan fingerprint density at radius 2 is 1.50 bits per heavy atom. The average Bonchev–Trinajstić information content (AvgIpc) is 3.11. The number of piperidine rings is 2. The Labute approximate surface area is 206 Å². The fraction of sp³-hybridized carbons (Fsp3) is 0.966. The maximum atomic E-state index is 11.8. The number of rotatable bonds is 2. The Morgan fingerprint density at radius 3 is 2.24 bits per heavy atom. The van der Waals surface area contributed by atoms with Crippen LogP contribution < -0.4 is 0 Å². The van der Waals surface area contributed by atoms with Crippen LogP contribution in [0.4, 0.5) is 0 Å². The molecule has 2 heterocycles. The Morgan fingerprint density at radius 1 is 0.794 bits per heavy atom. The smallest absolute Gasteiger partial charge is 0.135 e. The molecule has 192 valence electrons. The van der Waals surface area contributed by atoms with Crippen LogP contribution >= 0.6 is 0 Å². The van der Waals surface area contributed by atoms with Crippen molar-refractivity contribution in [2.24, 2.45) is 34.5 Å². The van der Waals surface area contributed by atoms with Crippen LogP contribution in [-0.2, 0) is 4.79 Å². The number of carbonyl (C=O) groups excluding carboxylic acids is 1. The van der Waals surface area contributed by atoms with Gasteiger partial charge < -0.3 is 10.2 Å². The van der Waals surface area contributed by atoms with Crippen LogP contribution in [0.5, 0.6) is 0 Å². The van der Waals surface area contributed by atoms with Gasteiger partial charge in [0.25, 0.3) is 0 Å². The first kappa shape index (κ1) is 23.9. The predicted octanol–water partition coefficient (Wildman–Crippen LogP) is 3.86. The van der Waals surface area contributed by atoms with Crippen LogP contribution in [0.3, 0.4) is 0 Å². The van der Waals surface area contributed by atoms with E-state index in [4.69, 9.17) is 0 Å². The number of hydrogen-bond acceptors (Lipinski definition) is 5. The van der Waals surface area contributed by atoms with Crippen molar-refractivity contribution in [2.45, 2.75) is 115 Å². The number of Topliss-reactive ketones (excluding diaryl/α,β-unsaturated/α-hetero) is 1. The third-order valence-electron chi connectivity index (χ3n) is 12.3. The number of aliphatic hydroxyl groups is 2. The number of ketones is 1. The zero-order valence-corrected chi connectivity index (χ0v) is 21.6. The van der Waals surface area contributed by atoms with E-state index in [1.165, 1.54) is 58.0 Å². The molecule has 6 aliphatic rings. The molecule has 5 heteroatoms. The molecular weight excluding hydrogens is 424 g/mol. The summed E-state index contributed by atoms with van der Waals surface area (Å²) in [4.78, 5) is 16.9. The van der Waals surface area contributed by atoms with Crippen molar-refractivity contribution in [1.29, 1.82) is 0 Å². The molecule has 0 amide bonds. The minimum atomic E-state index is -0.242. The summed E-state index contributed by atoms with van der Waals surface area (Å²) in [6.45, 7) is 9.01. The van der Waals surface area contributed by atoms with Gasteiger partial charge in [-0.05, 0) is 105 Å². The lowest BCUT2D eigenvalue weighted by Gasteiger charge is -2.62. The molecule has 2 N–H and O–H groups in total. The number of hydrogen-bond donors (Lipinski definition) is 2. The SMILES string of the molecule is C[C@]12C[C@H](N3CCC(=O)CC3)[C@@H](O)C[C@@H]1CC[C@@H]1[C@@H]2CC[C@]2(C)[C@@H](O)[C@@H](N3CCCCC3)C[C@@H]12. The van der Waals surface area contributed by atoms with Gasteiger partial charge in [0.05, 0.1) is 12.2 Å². The van der Waals surface area contributed by atoms with Gasteiger partial charge in [-0.1, -0.05) is 20.3 Å². The quantitative estimate of drug-likeness (QED) is 0.639. The number of nitrogens with zero attached hydrogens (tertiary/aromatic N) is 2. The summed E-state index contributed by atoms with van der Waals surface area (Å²) in [5, 5.41) is 22.8. The van der Waals surface area contributed by atoms with E-state index >= 15 is 0 Å². The summed E-state index contributed by atoms with van der Waals surface area (Å²) >= 11 is 0. The summed E-state index contributed by atoms with van der Waals surface area (Å²) in [6, 6.07) is 0.586. The summed E-state index contributed by atoms with van der Waals surface area (Å²) in [6.07, 6.45) is 13.0. The van der Waals surface area contributed by atoms with E-state index in [0.29, 0.717) is 36.5 Å². The number of carbonyl (C=O) groups is 1. The molecule has 4 aliphatic carbocycles. The molecule has 6 rings (SSSR count). The molecule has 2 saturated heterocycles. The molecule has 0 aromatic carbocycles. The van der Waals surface area contributed by atoms with Gasteiger partial charge in [-0.15, -0.1) is 0 Å². The number of aliphatic hydroxyl groups excluding tert-OH is 2. The molecule has 0 radical (unpaired) electrons. The molecule has 0 unspecified atom stereocenters. The van der Waals surface area contributed by atoms with Gasteiger partial charge in [-0.2, -0.15) is 0 Å². The first-order chi connectivity index (χ1) is 16.3. The lowest BCUT2D eigenvalue weighted by atomic mass is 9.44. The van der Waals surface area contributed by atoms with Crippen LogP contribution in [0.25, 0.3) is 0 Å². The van der Waals surface area contributed by atoms with Gasteiger partial charge >= 0.3 is 0 Å². The molecule has 0 spiro atoms. The van der Waals surface area contributed by atoms with Gasteiger partial charge in [-0.3, -0.25) is 14.6 Å². The third-order valence-corrected chi connectivity index (χ3v) is 12.3. The second kappa shape index (κ2) is 8.82. The lowest BCUT2D eigenvalue weighted by molar-refractivity contribution is -0.156. The molecule has 4 saturated carbocycles. The Balaban J connectivity index is 1.23. The van der Waals surface area contributed by atoms with E-state index in [0.717, 1.165) is 44.2 Å². The highest BCUT2D eigenvalue weighted by atomic mass is 16.3. The molecule has 0 aromatic heterocycles. The molecular formula is C29H48N2O3. The summed E-state index contributed by atoms with van der Waals surface area (Å²) in [5.74, 6) is 3.10. The van der Waals surface area contributed by atoms with Gasteiger partial charge in [0, 0.05) is 38.0 Å². The first-order valence-electron chi connectivity index (χ1n) is 14.7. The first-order valence-corrected chi connectivity index (χ1v) is 14.7. The largest absolute Gasteiger partial charge is 0.391 e. The van der Waals surface area contributed by atoms with E-state index in [-0.39, 0.29) is 29.1 Å². The van der Waals surface area contributed by atoms with Crippen LogP contribution in [0.15, 0.2) is 0 Å². The summed E-state index contributed by atoms with van der Waals surface area (Å²) in [7, 11) is 0. The van der Waals surface area contributed by atoms with E-state index in [1.807, 2.05) is 0 Å². The Kier molecular flexibility index (Phi) is 6.19. The fourth-order valence-electron chi connectivity index (χ4n) is 10.3. The van der Waals surface area contributed by atoms with Crippen molar-refractivity contribution in [2.75, 3.05) is 26.2 Å². The standard InChI is InChI=1S/C29H48N2O3/c1-28-11-8-22-21(23(28)17-24(27(28)34)30-12-4-3-5-13-30)7-6-19-16-26(33)25(18-29(19,22)2)31-14-9-20(32)10-15-31/h19,21-27,33-34H,3-18H2,1-2H3/t19-,21+,22-,23-,24-,25-,26-,27-,28-,29-/m0/s1. The number of fused-ring (bicyclic) bond motifs is 5. The van der Waals surface area contributed by atoms with Crippen molar-refractivity contribution in [3.05, 3.63) is 0 Å². The molecule has 0 aromatic rings. The van der Waals surface area contributed by atoms with E-state index in [9.17, 15) is 15.0 Å². The van der Waals surface area contributed by atoms with Crippen LogP contribution in [-0.4, -0.2) is 76.3 Å². The average molecular weight is 473 g/mol. The molecule has 34 heavy (non-hydrogen) atoms. The van der Waals surface area contributed by atoms with Crippen molar-refractivity contribution in [3.8, 4) is 0 Å². The Bertz CT molecular complexity index is 773. The highest BCUT2D eigenvalue weighted by molar-refractivity contribution is 5.79. The second-order valence-corrected chi connectivity index (χ2v) is 13.7. The molecule has 2 aliphatic heterocycles. The maximum absolute atomic E-state index is 11.8. The lowest BCUT2D eigenvalue weighted by Crippen LogP contribution is -2.60. The second-order valence-electron chi connectivity index (χ2n) is 13.7. The molecule has 10 atom stereocenters. The normalized spacial score (nSPS) is 52.6. The minimum absolute atomic E-state index is 0.0767.